The predicted octanol–water partition coefficient (Wildman–Crippen LogP) is 4.39. The van der Waals surface area contributed by atoms with Crippen LogP contribution in [0.5, 0.6) is 5.75 Å². The molecule has 2 amide bonds. The van der Waals surface area contributed by atoms with Gasteiger partial charge in [0.05, 0.1) is 17.7 Å². The van der Waals surface area contributed by atoms with E-state index >= 15 is 0 Å². The van der Waals surface area contributed by atoms with Gasteiger partial charge in [-0.05, 0) is 61.7 Å². The van der Waals surface area contributed by atoms with Gasteiger partial charge < -0.3 is 15.0 Å². The van der Waals surface area contributed by atoms with Gasteiger partial charge in [-0.2, -0.15) is 0 Å². The summed E-state index contributed by atoms with van der Waals surface area (Å²) in [7, 11) is -2.59. The number of hydrogen-bond acceptors (Lipinski definition) is 5. The number of rotatable bonds is 12. The SMILES string of the molecule is COc1ccc(N(CC(=O)N(Cc2ccccc2)[C@H](C)C(=O)NCC(C)C)S(=O)(=O)c2ccc(C)cc2)cc1. The molecule has 0 aliphatic heterocycles. The van der Waals surface area contributed by atoms with Gasteiger partial charge in [-0.15, -0.1) is 0 Å². The Morgan fingerprint density at radius 1 is 0.897 bits per heavy atom. The first kappa shape index (κ1) is 29.7. The van der Waals surface area contributed by atoms with Crippen molar-refractivity contribution in [3.8, 4) is 5.75 Å². The van der Waals surface area contributed by atoms with Crippen molar-refractivity contribution < 1.29 is 22.7 Å². The zero-order chi connectivity index (χ0) is 28.6. The molecule has 0 aliphatic carbocycles. The monoisotopic (exact) mass is 551 g/mol. The van der Waals surface area contributed by atoms with Crippen LogP contribution in [0.25, 0.3) is 0 Å². The van der Waals surface area contributed by atoms with E-state index < -0.39 is 28.5 Å². The van der Waals surface area contributed by atoms with E-state index in [2.05, 4.69) is 5.32 Å². The molecule has 0 aromatic heterocycles. The molecule has 9 heteroatoms. The molecule has 39 heavy (non-hydrogen) atoms. The summed E-state index contributed by atoms with van der Waals surface area (Å²) < 4.78 is 34.0. The van der Waals surface area contributed by atoms with Crippen LogP contribution in [0.15, 0.2) is 83.8 Å². The zero-order valence-electron chi connectivity index (χ0n) is 23.1. The Labute approximate surface area is 231 Å². The van der Waals surface area contributed by atoms with Crippen LogP contribution >= 0.6 is 0 Å². The number of sulfonamides is 1. The average molecular weight is 552 g/mol. The van der Waals surface area contributed by atoms with E-state index in [-0.39, 0.29) is 23.3 Å². The predicted molar refractivity (Wildman–Crippen MR) is 153 cm³/mol. The van der Waals surface area contributed by atoms with E-state index in [9.17, 15) is 18.0 Å². The van der Waals surface area contributed by atoms with Gasteiger partial charge in [-0.25, -0.2) is 8.42 Å². The molecule has 0 saturated carbocycles. The second-order valence-corrected chi connectivity index (χ2v) is 11.7. The maximum absolute atomic E-state index is 13.9. The molecule has 0 fully saturated rings. The number of methoxy groups -OCH3 is 1. The number of amides is 2. The van der Waals surface area contributed by atoms with E-state index in [1.807, 2.05) is 51.1 Å². The Morgan fingerprint density at radius 3 is 2.08 bits per heavy atom. The molecule has 0 bridgehead atoms. The van der Waals surface area contributed by atoms with Crippen LogP contribution in [0.4, 0.5) is 5.69 Å². The minimum atomic E-state index is -4.11. The molecule has 1 N–H and O–H groups in total. The van der Waals surface area contributed by atoms with E-state index in [1.165, 1.54) is 24.1 Å². The molecule has 0 unspecified atom stereocenters. The molecular weight excluding hydrogens is 514 g/mol. The lowest BCUT2D eigenvalue weighted by atomic mass is 10.1. The lowest BCUT2D eigenvalue weighted by Crippen LogP contribution is -2.51. The normalized spacial score (nSPS) is 12.1. The Hall–Kier alpha value is -3.85. The molecule has 8 nitrogen and oxygen atoms in total. The van der Waals surface area contributed by atoms with Crippen molar-refractivity contribution in [1.82, 2.24) is 10.2 Å². The fourth-order valence-corrected chi connectivity index (χ4v) is 5.34. The standard InChI is InChI=1S/C30H37N3O5S/c1-22(2)19-31-30(35)24(4)32(20-25-9-7-6-8-10-25)29(34)21-33(26-13-15-27(38-5)16-14-26)39(36,37)28-17-11-23(3)12-18-28/h6-18,22,24H,19-21H2,1-5H3,(H,31,35)/t24-/m1/s1. The molecule has 0 spiro atoms. The van der Waals surface area contributed by atoms with Crippen LogP contribution in [-0.2, 0) is 26.2 Å². The fourth-order valence-electron chi connectivity index (χ4n) is 3.93. The summed E-state index contributed by atoms with van der Waals surface area (Å²) in [6.07, 6.45) is 0. The van der Waals surface area contributed by atoms with E-state index in [4.69, 9.17) is 4.74 Å². The summed E-state index contributed by atoms with van der Waals surface area (Å²) in [6, 6.07) is 21.4. The van der Waals surface area contributed by atoms with E-state index in [1.54, 1.807) is 43.3 Å². The van der Waals surface area contributed by atoms with Crippen molar-refractivity contribution in [3.05, 3.63) is 90.0 Å². The average Bonchev–Trinajstić information content (AvgIpc) is 2.93. The third-order valence-electron chi connectivity index (χ3n) is 6.30. The van der Waals surface area contributed by atoms with Gasteiger partial charge in [0.25, 0.3) is 10.0 Å². The highest BCUT2D eigenvalue weighted by atomic mass is 32.2. The first-order valence-corrected chi connectivity index (χ1v) is 14.3. The molecule has 1 atom stereocenters. The smallest absolute Gasteiger partial charge is 0.264 e. The molecule has 0 saturated heterocycles. The second kappa shape index (κ2) is 13.3. The molecule has 208 valence electrons. The third-order valence-corrected chi connectivity index (χ3v) is 8.08. The maximum atomic E-state index is 13.9. The third kappa shape index (κ3) is 7.83. The number of nitrogens with one attached hydrogen (secondary N) is 1. The van der Waals surface area contributed by atoms with Gasteiger partial charge in [-0.1, -0.05) is 61.9 Å². The Bertz CT molecular complexity index is 1340. The van der Waals surface area contributed by atoms with Crippen molar-refractivity contribution in [2.24, 2.45) is 5.92 Å². The summed E-state index contributed by atoms with van der Waals surface area (Å²) in [5, 5.41) is 2.88. The highest BCUT2D eigenvalue weighted by Crippen LogP contribution is 2.26. The lowest BCUT2D eigenvalue weighted by molar-refractivity contribution is -0.139. The van der Waals surface area contributed by atoms with Crippen molar-refractivity contribution in [2.75, 3.05) is 24.5 Å². The second-order valence-electron chi connectivity index (χ2n) is 9.84. The minimum absolute atomic E-state index is 0.0639. The number of hydrogen-bond donors (Lipinski definition) is 1. The number of ether oxygens (including phenoxy) is 1. The van der Waals surface area contributed by atoms with Crippen LogP contribution in [0.1, 0.15) is 31.9 Å². The van der Waals surface area contributed by atoms with Gasteiger partial charge in [0.2, 0.25) is 11.8 Å². The molecule has 0 radical (unpaired) electrons. The molecule has 3 rings (SSSR count). The van der Waals surface area contributed by atoms with Crippen molar-refractivity contribution >= 4 is 27.5 Å². The van der Waals surface area contributed by atoms with Crippen molar-refractivity contribution in [3.63, 3.8) is 0 Å². The van der Waals surface area contributed by atoms with Gasteiger partial charge in [-0.3, -0.25) is 13.9 Å². The zero-order valence-corrected chi connectivity index (χ0v) is 23.9. The highest BCUT2D eigenvalue weighted by molar-refractivity contribution is 7.92. The first-order chi connectivity index (χ1) is 18.5. The molecule has 0 aliphatic rings. The quantitative estimate of drug-likeness (QED) is 0.360. The highest BCUT2D eigenvalue weighted by Gasteiger charge is 2.32. The number of carbonyl (C=O) groups is 2. The van der Waals surface area contributed by atoms with Crippen molar-refractivity contribution in [2.45, 2.75) is 45.2 Å². The molecule has 3 aromatic carbocycles. The van der Waals surface area contributed by atoms with E-state index in [0.29, 0.717) is 18.0 Å². The Morgan fingerprint density at radius 2 is 1.51 bits per heavy atom. The fraction of sp³-hybridized carbons (Fsp3) is 0.333. The number of carbonyl (C=O) groups excluding carboxylic acids is 2. The summed E-state index contributed by atoms with van der Waals surface area (Å²) in [5.41, 5.74) is 2.05. The molecule has 0 heterocycles. The molecule has 3 aromatic rings. The summed E-state index contributed by atoms with van der Waals surface area (Å²) in [6.45, 7) is 7.63. The van der Waals surface area contributed by atoms with Crippen LogP contribution in [0.3, 0.4) is 0 Å². The van der Waals surface area contributed by atoms with Gasteiger partial charge in [0.1, 0.15) is 18.3 Å². The number of anilines is 1. The van der Waals surface area contributed by atoms with Gasteiger partial charge >= 0.3 is 0 Å². The van der Waals surface area contributed by atoms with Crippen LogP contribution in [0, 0.1) is 12.8 Å². The minimum Gasteiger partial charge on any atom is -0.497 e. The Balaban J connectivity index is 2.00. The largest absolute Gasteiger partial charge is 0.497 e. The maximum Gasteiger partial charge on any atom is 0.264 e. The van der Waals surface area contributed by atoms with Crippen molar-refractivity contribution in [1.29, 1.82) is 0 Å². The molecular formula is C30H37N3O5S. The summed E-state index contributed by atoms with van der Waals surface area (Å²) in [5.74, 6) is -0.00789. The summed E-state index contributed by atoms with van der Waals surface area (Å²) in [4.78, 5) is 28.4. The number of aryl methyl sites for hydroxylation is 1. The van der Waals surface area contributed by atoms with Gasteiger partial charge in [0.15, 0.2) is 0 Å². The van der Waals surface area contributed by atoms with Gasteiger partial charge in [0, 0.05) is 13.1 Å². The first-order valence-electron chi connectivity index (χ1n) is 12.9. The number of benzene rings is 3. The van der Waals surface area contributed by atoms with Crippen LogP contribution in [0.2, 0.25) is 0 Å². The summed E-state index contributed by atoms with van der Waals surface area (Å²) >= 11 is 0. The van der Waals surface area contributed by atoms with Crippen LogP contribution < -0.4 is 14.4 Å². The van der Waals surface area contributed by atoms with Crippen LogP contribution in [-0.4, -0.2) is 51.4 Å². The number of nitrogens with zero attached hydrogens (tertiary/aromatic N) is 2. The topological polar surface area (TPSA) is 96.0 Å². The van der Waals surface area contributed by atoms with E-state index in [0.717, 1.165) is 15.4 Å². The Kier molecular flexibility index (Phi) is 10.1. The lowest BCUT2D eigenvalue weighted by Gasteiger charge is -2.32.